The summed E-state index contributed by atoms with van der Waals surface area (Å²) in [7, 11) is 0. The Morgan fingerprint density at radius 2 is 2.00 bits per heavy atom. The van der Waals surface area contributed by atoms with E-state index in [0.717, 1.165) is 16.7 Å². The lowest BCUT2D eigenvalue weighted by Crippen LogP contribution is -2.33. The summed E-state index contributed by atoms with van der Waals surface area (Å²) < 4.78 is 0. The summed E-state index contributed by atoms with van der Waals surface area (Å²) in [4.78, 5) is 25.3. The quantitative estimate of drug-likeness (QED) is 0.644. The molecular weight excluding hydrogens is 228 g/mol. The van der Waals surface area contributed by atoms with Gasteiger partial charge in [0.1, 0.15) is 0 Å². The zero-order valence-corrected chi connectivity index (χ0v) is 10.6. The molecule has 0 spiro atoms. The van der Waals surface area contributed by atoms with Crippen molar-refractivity contribution >= 4 is 17.4 Å². The monoisotopic (exact) mass is 244 g/mol. The zero-order valence-electron chi connectivity index (χ0n) is 10.6. The maximum atomic E-state index is 12.0. The van der Waals surface area contributed by atoms with Gasteiger partial charge < -0.3 is 10.6 Å². The molecule has 0 radical (unpaired) electrons. The average Bonchev–Trinajstić information content (AvgIpc) is 2.59. The molecule has 2 rings (SSSR count). The van der Waals surface area contributed by atoms with Gasteiger partial charge in [-0.1, -0.05) is 12.6 Å². The Kier molecular flexibility index (Phi) is 3.05. The molecular formula is C14H16N2O2. The number of rotatable bonds is 3. The maximum Gasteiger partial charge on any atom is 0.299 e. The van der Waals surface area contributed by atoms with Crippen molar-refractivity contribution in [3.63, 3.8) is 0 Å². The Balaban J connectivity index is 2.53. The number of ketones is 1. The van der Waals surface area contributed by atoms with E-state index >= 15 is 0 Å². The number of Topliss-reactive ketones (excluding diaryl/α,β-unsaturated/α-hetero) is 1. The Labute approximate surface area is 106 Å². The first-order valence-corrected chi connectivity index (χ1v) is 5.80. The van der Waals surface area contributed by atoms with Crippen LogP contribution < -0.4 is 10.6 Å². The summed E-state index contributed by atoms with van der Waals surface area (Å²) in [6, 6.07) is 3.57. The van der Waals surface area contributed by atoms with Gasteiger partial charge >= 0.3 is 0 Å². The first kappa shape index (κ1) is 12.5. The van der Waals surface area contributed by atoms with E-state index in [-0.39, 0.29) is 0 Å². The van der Waals surface area contributed by atoms with E-state index in [0.29, 0.717) is 24.3 Å². The van der Waals surface area contributed by atoms with Crippen LogP contribution in [-0.2, 0) is 4.79 Å². The predicted molar refractivity (Wildman–Crippen MR) is 70.8 cm³/mol. The van der Waals surface area contributed by atoms with Crippen LogP contribution >= 0.6 is 0 Å². The molecule has 0 unspecified atom stereocenters. The molecule has 0 saturated carbocycles. The fourth-order valence-electron chi connectivity index (χ4n) is 2.11. The van der Waals surface area contributed by atoms with E-state index in [2.05, 4.69) is 6.58 Å². The minimum Gasteiger partial charge on any atom is -0.327 e. The van der Waals surface area contributed by atoms with Gasteiger partial charge in [0.15, 0.2) is 0 Å². The molecule has 1 heterocycles. The third-order valence-corrected chi connectivity index (χ3v) is 3.33. The topological polar surface area (TPSA) is 63.4 Å². The predicted octanol–water partition coefficient (Wildman–Crippen LogP) is 1.35. The number of benzene rings is 1. The molecule has 4 nitrogen and oxygen atoms in total. The van der Waals surface area contributed by atoms with E-state index in [1.165, 1.54) is 4.90 Å². The zero-order chi connectivity index (χ0) is 13.4. The molecule has 0 aromatic heterocycles. The number of amides is 1. The second kappa shape index (κ2) is 4.38. The summed E-state index contributed by atoms with van der Waals surface area (Å²) in [5.41, 5.74) is 9.42. The molecule has 18 heavy (non-hydrogen) atoms. The second-order valence-electron chi connectivity index (χ2n) is 4.58. The molecule has 1 aromatic rings. The Bertz CT molecular complexity index is 561. The molecule has 1 aliphatic rings. The highest BCUT2D eigenvalue weighted by atomic mass is 16.2. The Morgan fingerprint density at radius 3 is 2.61 bits per heavy atom. The van der Waals surface area contributed by atoms with Gasteiger partial charge in [0.2, 0.25) is 0 Å². The third kappa shape index (κ3) is 1.75. The molecule has 4 heteroatoms. The van der Waals surface area contributed by atoms with Crippen LogP contribution in [0.5, 0.6) is 0 Å². The van der Waals surface area contributed by atoms with Crippen LogP contribution in [0.25, 0.3) is 0 Å². The van der Waals surface area contributed by atoms with E-state index in [4.69, 9.17) is 5.73 Å². The molecule has 0 atom stereocenters. The third-order valence-electron chi connectivity index (χ3n) is 3.33. The van der Waals surface area contributed by atoms with Gasteiger partial charge in [0.05, 0.1) is 11.3 Å². The summed E-state index contributed by atoms with van der Waals surface area (Å²) in [5, 5.41) is 0. The van der Waals surface area contributed by atoms with E-state index in [1.54, 1.807) is 6.07 Å². The van der Waals surface area contributed by atoms with Crippen molar-refractivity contribution < 1.29 is 9.59 Å². The second-order valence-corrected chi connectivity index (χ2v) is 4.58. The van der Waals surface area contributed by atoms with Crippen LogP contribution in [0, 0.1) is 13.8 Å². The Hall–Kier alpha value is -1.94. The van der Waals surface area contributed by atoms with Gasteiger partial charge in [0, 0.05) is 13.1 Å². The number of hydrogen-bond acceptors (Lipinski definition) is 3. The maximum absolute atomic E-state index is 12.0. The van der Waals surface area contributed by atoms with Gasteiger partial charge in [-0.15, -0.1) is 0 Å². The SMILES string of the molecule is C=C(CN)CN1C(=O)C(=O)c2ccc(C)c(C)c21. The van der Waals surface area contributed by atoms with Gasteiger partial charge in [-0.25, -0.2) is 0 Å². The first-order valence-electron chi connectivity index (χ1n) is 5.80. The molecule has 0 saturated heterocycles. The van der Waals surface area contributed by atoms with Gasteiger partial charge in [-0.2, -0.15) is 0 Å². The number of fused-ring (bicyclic) bond motifs is 1. The number of aryl methyl sites for hydroxylation is 1. The number of carbonyl (C=O) groups is 2. The molecule has 1 amide bonds. The van der Waals surface area contributed by atoms with Crippen LogP contribution in [0.2, 0.25) is 0 Å². The molecule has 1 aliphatic heterocycles. The highest BCUT2D eigenvalue weighted by Gasteiger charge is 2.37. The van der Waals surface area contributed by atoms with Crippen molar-refractivity contribution in [3.05, 3.63) is 41.0 Å². The van der Waals surface area contributed by atoms with Gasteiger partial charge in [0.25, 0.3) is 11.7 Å². The van der Waals surface area contributed by atoms with Gasteiger partial charge in [-0.05, 0) is 36.6 Å². The van der Waals surface area contributed by atoms with Crippen LogP contribution in [0.4, 0.5) is 5.69 Å². The van der Waals surface area contributed by atoms with Crippen molar-refractivity contribution in [1.29, 1.82) is 0 Å². The van der Waals surface area contributed by atoms with Crippen LogP contribution in [-0.4, -0.2) is 24.8 Å². The number of anilines is 1. The van der Waals surface area contributed by atoms with Crippen LogP contribution in [0.1, 0.15) is 21.5 Å². The van der Waals surface area contributed by atoms with E-state index in [9.17, 15) is 9.59 Å². The summed E-state index contributed by atoms with van der Waals surface area (Å²) in [6.45, 7) is 8.27. The molecule has 0 bridgehead atoms. The smallest absolute Gasteiger partial charge is 0.299 e. The fraction of sp³-hybridized carbons (Fsp3) is 0.286. The lowest BCUT2D eigenvalue weighted by Gasteiger charge is -2.20. The highest BCUT2D eigenvalue weighted by molar-refractivity contribution is 6.52. The summed E-state index contributed by atoms with van der Waals surface area (Å²) in [5.74, 6) is -0.939. The van der Waals surface area contributed by atoms with Crippen molar-refractivity contribution in [1.82, 2.24) is 0 Å². The van der Waals surface area contributed by atoms with Crippen LogP contribution in [0.15, 0.2) is 24.3 Å². The number of nitrogens with zero attached hydrogens (tertiary/aromatic N) is 1. The normalized spacial score (nSPS) is 14.1. The molecule has 1 aromatic carbocycles. The molecule has 0 fully saturated rings. The number of nitrogens with two attached hydrogens (primary N) is 1. The first-order chi connectivity index (χ1) is 8.47. The van der Waals surface area contributed by atoms with Crippen LogP contribution in [0.3, 0.4) is 0 Å². The molecule has 2 N–H and O–H groups in total. The van der Waals surface area contributed by atoms with Crippen molar-refractivity contribution in [2.24, 2.45) is 5.73 Å². The van der Waals surface area contributed by atoms with Crippen molar-refractivity contribution in [2.75, 3.05) is 18.0 Å². The van der Waals surface area contributed by atoms with Crippen molar-refractivity contribution in [3.8, 4) is 0 Å². The average molecular weight is 244 g/mol. The summed E-state index contributed by atoms with van der Waals surface area (Å²) in [6.07, 6.45) is 0. The highest BCUT2D eigenvalue weighted by Crippen LogP contribution is 2.34. The minimum atomic E-state index is -0.492. The number of carbonyl (C=O) groups excluding carboxylic acids is 2. The lowest BCUT2D eigenvalue weighted by atomic mass is 10.0. The molecule has 94 valence electrons. The number of hydrogen-bond donors (Lipinski definition) is 1. The lowest BCUT2D eigenvalue weighted by molar-refractivity contribution is -0.114. The standard InChI is InChI=1S/C14H16N2O2/c1-8(6-15)7-16-12-10(3)9(2)4-5-11(12)13(17)14(16)18/h4-5H,1,6-7,15H2,2-3H3. The van der Waals surface area contributed by atoms with E-state index < -0.39 is 11.7 Å². The van der Waals surface area contributed by atoms with E-state index in [1.807, 2.05) is 19.9 Å². The fourth-order valence-corrected chi connectivity index (χ4v) is 2.11. The largest absolute Gasteiger partial charge is 0.327 e. The van der Waals surface area contributed by atoms with Crippen molar-refractivity contribution in [2.45, 2.75) is 13.8 Å². The molecule has 0 aliphatic carbocycles. The van der Waals surface area contributed by atoms with Gasteiger partial charge in [-0.3, -0.25) is 9.59 Å². The summed E-state index contributed by atoms with van der Waals surface area (Å²) >= 11 is 0. The Morgan fingerprint density at radius 1 is 1.33 bits per heavy atom. The minimum absolute atomic E-state index is 0.304.